The zero-order chi connectivity index (χ0) is 36.3. The predicted molar refractivity (Wildman–Crippen MR) is 184 cm³/mol. The van der Waals surface area contributed by atoms with Gasteiger partial charge in [0.05, 0.1) is 12.1 Å². The molecule has 50 heavy (non-hydrogen) atoms. The van der Waals surface area contributed by atoms with Crippen LogP contribution in [0.2, 0.25) is 0 Å². The SMILES string of the molecule is Cc1nnc(SCC2=C(C(=O)OCc3oc(=O)oc3C)N3C(=O)C(NCC(O)c4ccccc4C(=O)[C@H](C)NC(=O)OC(C)(C)C)[C@@H]3SC2)s1. The Bertz CT molecular complexity index is 1860. The topological polar surface area (TPSA) is 203 Å². The van der Waals surface area contributed by atoms with Gasteiger partial charge in [-0.05, 0) is 52.7 Å². The lowest BCUT2D eigenvalue weighted by Crippen LogP contribution is -2.70. The Morgan fingerprint density at radius 1 is 1.16 bits per heavy atom. The number of carbonyl (C=O) groups is 4. The summed E-state index contributed by atoms with van der Waals surface area (Å²) < 4.78 is 21.3. The molecule has 1 saturated heterocycles. The Morgan fingerprint density at radius 3 is 2.56 bits per heavy atom. The van der Waals surface area contributed by atoms with Gasteiger partial charge in [-0.25, -0.2) is 14.4 Å². The Morgan fingerprint density at radius 2 is 1.90 bits per heavy atom. The third-order valence-electron chi connectivity index (χ3n) is 7.53. The maximum atomic E-state index is 13.6. The van der Waals surface area contributed by atoms with Crippen LogP contribution in [0.25, 0.3) is 0 Å². The van der Waals surface area contributed by atoms with Crippen molar-refractivity contribution in [3.05, 3.63) is 73.8 Å². The number of nitrogens with one attached hydrogen (secondary N) is 2. The van der Waals surface area contributed by atoms with Crippen LogP contribution in [0.3, 0.4) is 0 Å². The van der Waals surface area contributed by atoms with Crippen molar-refractivity contribution in [2.45, 2.75) is 81.7 Å². The van der Waals surface area contributed by atoms with Gasteiger partial charge < -0.3 is 34.0 Å². The molecule has 4 atom stereocenters. The lowest BCUT2D eigenvalue weighted by atomic mass is 9.95. The van der Waals surface area contributed by atoms with Crippen molar-refractivity contribution in [3.8, 4) is 0 Å². The summed E-state index contributed by atoms with van der Waals surface area (Å²) in [4.78, 5) is 65.5. The highest BCUT2D eigenvalue weighted by molar-refractivity contribution is 8.01. The summed E-state index contributed by atoms with van der Waals surface area (Å²) in [5.74, 6) is -1.52. The highest BCUT2D eigenvalue weighted by Crippen LogP contribution is 2.42. The van der Waals surface area contributed by atoms with E-state index in [-0.39, 0.29) is 35.9 Å². The fraction of sp³-hybridized carbons (Fsp3) is 0.469. The molecule has 2 amide bonds. The summed E-state index contributed by atoms with van der Waals surface area (Å²) in [7, 11) is 0. The third-order valence-corrected chi connectivity index (χ3v) is 10.9. The molecule has 15 nitrogen and oxygen atoms in total. The number of β-lactam (4-membered cyclic amide) rings is 1. The smallest absolute Gasteiger partial charge is 0.453 e. The van der Waals surface area contributed by atoms with Crippen LogP contribution in [0, 0.1) is 13.8 Å². The predicted octanol–water partition coefficient (Wildman–Crippen LogP) is 3.49. The molecule has 2 aliphatic heterocycles. The van der Waals surface area contributed by atoms with Crippen molar-refractivity contribution in [2.24, 2.45) is 0 Å². The Kier molecular flexibility index (Phi) is 11.6. The van der Waals surface area contributed by atoms with Gasteiger partial charge in [0.15, 0.2) is 28.3 Å². The number of hydrogen-bond donors (Lipinski definition) is 3. The largest absolute Gasteiger partial charge is 0.519 e. The van der Waals surface area contributed by atoms with Crippen molar-refractivity contribution in [3.63, 3.8) is 0 Å². The number of ketones is 1. The normalized spacial score (nSPS) is 18.6. The number of fused-ring (bicyclic) bond motifs is 1. The van der Waals surface area contributed by atoms with Crippen LogP contribution in [0.15, 0.2) is 53.5 Å². The van der Waals surface area contributed by atoms with E-state index < -0.39 is 58.7 Å². The molecule has 1 fully saturated rings. The van der Waals surface area contributed by atoms with Gasteiger partial charge in [0, 0.05) is 23.6 Å². The number of aryl methyl sites for hydroxylation is 2. The summed E-state index contributed by atoms with van der Waals surface area (Å²) in [6.45, 7) is 9.56. The zero-order valence-electron chi connectivity index (χ0n) is 28.1. The van der Waals surface area contributed by atoms with Crippen LogP contribution < -0.4 is 16.5 Å². The molecule has 1 aromatic carbocycles. The van der Waals surface area contributed by atoms with E-state index in [2.05, 4.69) is 20.8 Å². The van der Waals surface area contributed by atoms with E-state index in [9.17, 15) is 29.1 Å². The number of aliphatic hydroxyl groups excluding tert-OH is 1. The molecule has 268 valence electrons. The molecule has 2 unspecified atom stereocenters. The summed E-state index contributed by atoms with van der Waals surface area (Å²) in [5, 5.41) is 25.3. The first-order valence-corrected chi connectivity index (χ1v) is 18.4. The minimum atomic E-state index is -1.19. The number of alkyl carbamates (subject to hydrolysis) is 1. The van der Waals surface area contributed by atoms with Gasteiger partial charge in [0.1, 0.15) is 27.7 Å². The number of rotatable bonds is 13. The van der Waals surface area contributed by atoms with Crippen LogP contribution in [0.5, 0.6) is 0 Å². The molecule has 3 aromatic rings. The monoisotopic (exact) mass is 747 g/mol. The molecule has 0 aliphatic carbocycles. The van der Waals surface area contributed by atoms with Crippen molar-refractivity contribution >= 4 is 58.6 Å². The van der Waals surface area contributed by atoms with Crippen molar-refractivity contribution in [2.75, 3.05) is 18.1 Å². The molecule has 0 spiro atoms. The molecule has 2 aliphatic rings. The lowest BCUT2D eigenvalue weighted by Gasteiger charge is -2.50. The highest BCUT2D eigenvalue weighted by Gasteiger charge is 2.53. The zero-order valence-corrected chi connectivity index (χ0v) is 30.6. The number of aromatic nitrogens is 2. The van der Waals surface area contributed by atoms with Crippen LogP contribution in [-0.4, -0.2) is 85.1 Å². The van der Waals surface area contributed by atoms with E-state index in [0.717, 1.165) is 5.01 Å². The van der Waals surface area contributed by atoms with Crippen molar-refractivity contribution < 1.29 is 42.6 Å². The first-order chi connectivity index (χ1) is 23.6. The van der Waals surface area contributed by atoms with E-state index in [1.54, 1.807) is 45.0 Å². The summed E-state index contributed by atoms with van der Waals surface area (Å²) >= 11 is 4.25. The molecule has 2 aromatic heterocycles. The molecule has 0 saturated carbocycles. The minimum Gasteiger partial charge on any atom is -0.453 e. The molecular weight excluding hydrogens is 711 g/mol. The fourth-order valence-corrected chi connectivity index (χ4v) is 8.50. The number of esters is 1. The molecule has 0 bridgehead atoms. The number of amides is 2. The standard InChI is InChI=1S/C32H37N5O10S3/c1-15(34-29(42)47-32(4,5)6)25(39)20-10-8-7-9-19(20)21(38)11-33-23-26(40)37-24(28(41)44-12-22-16(2)45-31(43)46-22)18(13-48-27(23)37)14-49-30-36-35-17(3)50-30/h7-10,15,21,23,27,33,38H,11-14H2,1-6H3,(H,34,42)/t15-,21?,23?,27-/m0/s1. The number of hydrogen-bond acceptors (Lipinski definition) is 16. The molecule has 0 radical (unpaired) electrons. The number of Topliss-reactive ketones (excluding diaryl/α,β-unsaturated/α-hetero) is 1. The second kappa shape index (κ2) is 15.5. The van der Waals surface area contributed by atoms with Crippen molar-refractivity contribution in [1.82, 2.24) is 25.7 Å². The number of benzene rings is 1. The molecule has 3 N–H and O–H groups in total. The number of aliphatic hydroxyl groups is 1. The summed E-state index contributed by atoms with van der Waals surface area (Å²) in [5.41, 5.74) is 0.541. The second-order valence-corrected chi connectivity index (χ2v) is 16.0. The van der Waals surface area contributed by atoms with Crippen LogP contribution in [0.4, 0.5) is 4.79 Å². The minimum absolute atomic E-state index is 0.0585. The first-order valence-electron chi connectivity index (χ1n) is 15.5. The third kappa shape index (κ3) is 8.66. The van der Waals surface area contributed by atoms with E-state index in [4.69, 9.17) is 18.3 Å². The van der Waals surface area contributed by atoms with Gasteiger partial charge in [-0.15, -0.1) is 22.0 Å². The quantitative estimate of drug-likeness (QED) is 0.0991. The van der Waals surface area contributed by atoms with E-state index >= 15 is 0 Å². The van der Waals surface area contributed by atoms with Crippen LogP contribution >= 0.6 is 34.9 Å². The van der Waals surface area contributed by atoms with Gasteiger partial charge in [-0.1, -0.05) is 47.4 Å². The Labute approximate surface area is 299 Å². The van der Waals surface area contributed by atoms with E-state index in [1.807, 2.05) is 6.92 Å². The van der Waals surface area contributed by atoms with Crippen LogP contribution in [0.1, 0.15) is 66.2 Å². The van der Waals surface area contributed by atoms with Crippen molar-refractivity contribution in [1.29, 1.82) is 0 Å². The fourth-order valence-electron chi connectivity index (χ4n) is 5.17. The number of carbonyl (C=O) groups excluding carboxylic acids is 4. The van der Waals surface area contributed by atoms with E-state index in [0.29, 0.717) is 27.0 Å². The second-order valence-electron chi connectivity index (χ2n) is 12.5. The highest BCUT2D eigenvalue weighted by atomic mass is 32.2. The van der Waals surface area contributed by atoms with Gasteiger partial charge >= 0.3 is 17.9 Å². The summed E-state index contributed by atoms with van der Waals surface area (Å²) in [6.07, 6.45) is -1.93. The Balaban J connectivity index is 1.27. The average Bonchev–Trinajstić information content (AvgIpc) is 3.62. The van der Waals surface area contributed by atoms with E-state index in [1.165, 1.54) is 53.6 Å². The van der Waals surface area contributed by atoms with Gasteiger partial charge in [0.25, 0.3) is 0 Å². The number of thioether (sulfide) groups is 2. The maximum Gasteiger partial charge on any atom is 0.519 e. The summed E-state index contributed by atoms with van der Waals surface area (Å²) in [6, 6.07) is 4.81. The lowest BCUT2D eigenvalue weighted by molar-refractivity contribution is -0.152. The van der Waals surface area contributed by atoms with Gasteiger partial charge in [0.2, 0.25) is 5.91 Å². The van der Waals surface area contributed by atoms with Gasteiger partial charge in [-0.2, -0.15) is 0 Å². The number of ether oxygens (including phenoxy) is 2. The average molecular weight is 748 g/mol. The molecule has 4 heterocycles. The first kappa shape index (κ1) is 37.3. The number of nitrogens with zero attached hydrogens (tertiary/aromatic N) is 3. The van der Waals surface area contributed by atoms with Crippen LogP contribution in [-0.2, 0) is 25.7 Å². The Hall–Kier alpha value is -3.97. The molecular formula is C32H37N5O10S3. The molecule has 18 heteroatoms. The molecule has 5 rings (SSSR count). The maximum absolute atomic E-state index is 13.6. The van der Waals surface area contributed by atoms with Gasteiger partial charge in [-0.3, -0.25) is 14.5 Å².